The average Bonchev–Trinajstić information content (AvgIpc) is 2.78. The SMILES string of the molecule is COc1cccc(N(C(=O)CCl)[C@H](C(=O)NC2CCCCC2)c2cccnc2)c1. The lowest BCUT2D eigenvalue weighted by Gasteiger charge is -2.33. The predicted octanol–water partition coefficient (Wildman–Crippen LogP) is 3.85. The fourth-order valence-electron chi connectivity index (χ4n) is 3.74. The van der Waals surface area contributed by atoms with Crippen molar-refractivity contribution in [2.75, 3.05) is 17.9 Å². The molecular weight excluding hydrogens is 390 g/mol. The number of anilines is 1. The molecule has 1 aromatic heterocycles. The zero-order chi connectivity index (χ0) is 20.6. The van der Waals surface area contributed by atoms with E-state index in [0.29, 0.717) is 17.0 Å². The summed E-state index contributed by atoms with van der Waals surface area (Å²) in [6.45, 7) is 0. The summed E-state index contributed by atoms with van der Waals surface area (Å²) >= 11 is 5.93. The standard InChI is InChI=1S/C22H26ClN3O3/c1-29-19-11-5-10-18(13-19)26(20(27)14-23)21(16-7-6-12-24-15-16)22(28)25-17-8-3-2-4-9-17/h5-7,10-13,15,17,21H,2-4,8-9,14H2,1H3,(H,25,28)/t21-/m0/s1. The van der Waals surface area contributed by atoms with E-state index in [0.717, 1.165) is 25.7 Å². The summed E-state index contributed by atoms with van der Waals surface area (Å²) in [5, 5.41) is 3.14. The topological polar surface area (TPSA) is 71.5 Å². The summed E-state index contributed by atoms with van der Waals surface area (Å²) in [6.07, 6.45) is 8.55. The highest BCUT2D eigenvalue weighted by molar-refractivity contribution is 6.29. The minimum absolute atomic E-state index is 0.119. The van der Waals surface area contributed by atoms with E-state index in [1.54, 1.807) is 55.9 Å². The van der Waals surface area contributed by atoms with Gasteiger partial charge in [0.1, 0.15) is 17.7 Å². The Bertz CT molecular complexity index is 825. The molecule has 0 unspecified atom stereocenters. The lowest BCUT2D eigenvalue weighted by atomic mass is 9.94. The maximum atomic E-state index is 13.4. The van der Waals surface area contributed by atoms with Crippen LogP contribution in [0, 0.1) is 0 Å². The second-order valence-corrected chi connectivity index (χ2v) is 7.40. The first-order chi connectivity index (χ1) is 14.1. The van der Waals surface area contributed by atoms with Gasteiger partial charge in [0.15, 0.2) is 0 Å². The number of ether oxygens (including phenoxy) is 1. The van der Waals surface area contributed by atoms with E-state index < -0.39 is 6.04 Å². The van der Waals surface area contributed by atoms with E-state index in [1.165, 1.54) is 11.3 Å². The molecule has 0 saturated heterocycles. The number of benzene rings is 1. The van der Waals surface area contributed by atoms with Crippen LogP contribution in [0.2, 0.25) is 0 Å². The number of halogens is 1. The van der Waals surface area contributed by atoms with Crippen molar-refractivity contribution in [1.29, 1.82) is 0 Å². The maximum Gasteiger partial charge on any atom is 0.248 e. The number of methoxy groups -OCH3 is 1. The van der Waals surface area contributed by atoms with Gasteiger partial charge in [-0.3, -0.25) is 19.5 Å². The lowest BCUT2D eigenvalue weighted by Crippen LogP contribution is -2.47. The summed E-state index contributed by atoms with van der Waals surface area (Å²) in [6, 6.07) is 9.86. The molecule has 1 fully saturated rings. The van der Waals surface area contributed by atoms with Crippen LogP contribution in [0.15, 0.2) is 48.8 Å². The van der Waals surface area contributed by atoms with E-state index in [2.05, 4.69) is 10.3 Å². The zero-order valence-electron chi connectivity index (χ0n) is 16.5. The molecule has 1 aromatic carbocycles. The van der Waals surface area contributed by atoms with Crippen molar-refractivity contribution in [2.45, 2.75) is 44.2 Å². The molecule has 1 N–H and O–H groups in total. The van der Waals surface area contributed by atoms with Gasteiger partial charge in [-0.05, 0) is 31.0 Å². The first-order valence-electron chi connectivity index (χ1n) is 9.86. The van der Waals surface area contributed by atoms with Crippen LogP contribution in [0.5, 0.6) is 5.75 Å². The third-order valence-electron chi connectivity index (χ3n) is 5.17. The molecule has 7 heteroatoms. The van der Waals surface area contributed by atoms with Crippen molar-refractivity contribution in [1.82, 2.24) is 10.3 Å². The molecule has 1 aliphatic carbocycles. The second-order valence-electron chi connectivity index (χ2n) is 7.13. The van der Waals surface area contributed by atoms with Crippen LogP contribution in [-0.2, 0) is 9.59 Å². The Labute approximate surface area is 176 Å². The summed E-state index contributed by atoms with van der Waals surface area (Å²) in [7, 11) is 1.56. The Morgan fingerprint density at radius 2 is 2.03 bits per heavy atom. The van der Waals surface area contributed by atoms with Gasteiger partial charge in [0.2, 0.25) is 11.8 Å². The third-order valence-corrected chi connectivity index (χ3v) is 5.40. The molecule has 0 bridgehead atoms. The number of pyridine rings is 1. The molecular formula is C22H26ClN3O3. The molecule has 2 amide bonds. The van der Waals surface area contributed by atoms with Crippen LogP contribution in [0.25, 0.3) is 0 Å². The number of nitrogens with one attached hydrogen (secondary N) is 1. The summed E-state index contributed by atoms with van der Waals surface area (Å²) in [4.78, 5) is 31.9. The van der Waals surface area contributed by atoms with Gasteiger partial charge in [-0.25, -0.2) is 0 Å². The smallest absolute Gasteiger partial charge is 0.248 e. The highest BCUT2D eigenvalue weighted by Gasteiger charge is 2.34. The van der Waals surface area contributed by atoms with Crippen molar-refractivity contribution in [3.8, 4) is 5.75 Å². The molecule has 6 nitrogen and oxygen atoms in total. The minimum Gasteiger partial charge on any atom is -0.497 e. The van der Waals surface area contributed by atoms with Crippen molar-refractivity contribution in [3.63, 3.8) is 0 Å². The Kier molecular flexibility index (Phi) is 7.47. The first-order valence-corrected chi connectivity index (χ1v) is 10.4. The molecule has 1 heterocycles. The van der Waals surface area contributed by atoms with Crippen molar-refractivity contribution >= 4 is 29.1 Å². The number of nitrogens with zero attached hydrogens (tertiary/aromatic N) is 2. The van der Waals surface area contributed by atoms with Gasteiger partial charge in [0, 0.05) is 35.8 Å². The highest BCUT2D eigenvalue weighted by Crippen LogP contribution is 2.31. The number of carbonyl (C=O) groups is 2. The van der Waals surface area contributed by atoms with Gasteiger partial charge < -0.3 is 10.1 Å². The third kappa shape index (κ3) is 5.26. The van der Waals surface area contributed by atoms with Crippen LogP contribution in [-0.4, -0.2) is 35.8 Å². The Morgan fingerprint density at radius 3 is 2.69 bits per heavy atom. The Morgan fingerprint density at radius 1 is 1.24 bits per heavy atom. The Balaban J connectivity index is 2.00. The average molecular weight is 416 g/mol. The molecule has 0 radical (unpaired) electrons. The normalized spacial score (nSPS) is 15.4. The predicted molar refractivity (Wildman–Crippen MR) is 113 cm³/mol. The van der Waals surface area contributed by atoms with Gasteiger partial charge >= 0.3 is 0 Å². The number of aromatic nitrogens is 1. The quantitative estimate of drug-likeness (QED) is 0.697. The van der Waals surface area contributed by atoms with E-state index in [-0.39, 0.29) is 23.7 Å². The van der Waals surface area contributed by atoms with E-state index in [1.807, 2.05) is 0 Å². The fourth-order valence-corrected chi connectivity index (χ4v) is 3.87. The molecule has 1 saturated carbocycles. The van der Waals surface area contributed by atoms with Gasteiger partial charge in [0.25, 0.3) is 0 Å². The van der Waals surface area contributed by atoms with Gasteiger partial charge in [-0.15, -0.1) is 11.6 Å². The molecule has 3 rings (SSSR count). The minimum atomic E-state index is -0.871. The number of carbonyl (C=O) groups excluding carboxylic acids is 2. The molecule has 1 atom stereocenters. The van der Waals surface area contributed by atoms with Gasteiger partial charge in [-0.2, -0.15) is 0 Å². The number of alkyl halides is 1. The number of amides is 2. The van der Waals surface area contributed by atoms with Gasteiger partial charge in [-0.1, -0.05) is 31.4 Å². The molecule has 1 aliphatic rings. The van der Waals surface area contributed by atoms with E-state index >= 15 is 0 Å². The largest absolute Gasteiger partial charge is 0.497 e. The zero-order valence-corrected chi connectivity index (χ0v) is 17.3. The number of rotatable bonds is 7. The number of hydrogen-bond acceptors (Lipinski definition) is 4. The number of hydrogen-bond donors (Lipinski definition) is 1. The van der Waals surface area contributed by atoms with Gasteiger partial charge in [0.05, 0.1) is 7.11 Å². The van der Waals surface area contributed by atoms with Crippen molar-refractivity contribution in [2.24, 2.45) is 0 Å². The molecule has 29 heavy (non-hydrogen) atoms. The molecule has 0 spiro atoms. The summed E-state index contributed by atoms with van der Waals surface area (Å²) in [5.74, 6) is -0.253. The van der Waals surface area contributed by atoms with E-state index in [9.17, 15) is 9.59 Å². The Hall–Kier alpha value is -2.60. The van der Waals surface area contributed by atoms with Crippen LogP contribution in [0.4, 0.5) is 5.69 Å². The first kappa shape index (κ1) is 21.1. The molecule has 0 aliphatic heterocycles. The summed E-state index contributed by atoms with van der Waals surface area (Å²) < 4.78 is 5.30. The maximum absolute atomic E-state index is 13.4. The van der Waals surface area contributed by atoms with Crippen LogP contribution >= 0.6 is 11.6 Å². The highest BCUT2D eigenvalue weighted by atomic mass is 35.5. The van der Waals surface area contributed by atoms with Crippen molar-refractivity contribution in [3.05, 3.63) is 54.4 Å². The molecule has 2 aromatic rings. The van der Waals surface area contributed by atoms with Crippen LogP contribution in [0.3, 0.4) is 0 Å². The van der Waals surface area contributed by atoms with Crippen LogP contribution < -0.4 is 15.0 Å². The fraction of sp³-hybridized carbons (Fsp3) is 0.409. The second kappa shape index (κ2) is 10.3. The van der Waals surface area contributed by atoms with E-state index in [4.69, 9.17) is 16.3 Å². The van der Waals surface area contributed by atoms with Crippen molar-refractivity contribution < 1.29 is 14.3 Å². The molecule has 154 valence electrons. The lowest BCUT2D eigenvalue weighted by molar-refractivity contribution is -0.126. The van der Waals surface area contributed by atoms with Crippen LogP contribution in [0.1, 0.15) is 43.7 Å². The monoisotopic (exact) mass is 415 g/mol. The summed E-state index contributed by atoms with van der Waals surface area (Å²) in [5.41, 5.74) is 1.17.